The first-order chi connectivity index (χ1) is 6.92. The monoisotopic (exact) mass is 212 g/mol. The van der Waals surface area contributed by atoms with Gasteiger partial charge in [0.05, 0.1) is 6.61 Å². The van der Waals surface area contributed by atoms with Crippen LogP contribution in [0.25, 0.3) is 0 Å². The SMILES string of the molecule is CCOC(=O)C(C(C)=O)C(=O)C1(C)CC1. The largest absolute Gasteiger partial charge is 0.465 e. The number of Topliss-reactive ketones (excluding diaryl/α,β-unsaturated/α-hetero) is 2. The molecule has 1 unspecified atom stereocenters. The van der Waals surface area contributed by atoms with Crippen LogP contribution in [0.1, 0.15) is 33.6 Å². The molecule has 0 aromatic rings. The van der Waals surface area contributed by atoms with E-state index in [0.717, 1.165) is 12.8 Å². The maximum atomic E-state index is 11.9. The molecular formula is C11H16O4. The lowest BCUT2D eigenvalue weighted by atomic mass is 9.89. The minimum absolute atomic E-state index is 0.187. The smallest absolute Gasteiger partial charge is 0.324 e. The second kappa shape index (κ2) is 4.13. The number of rotatable bonds is 5. The van der Waals surface area contributed by atoms with Crippen molar-refractivity contribution < 1.29 is 19.1 Å². The molecule has 0 aromatic carbocycles. The third-order valence-electron chi connectivity index (χ3n) is 2.79. The van der Waals surface area contributed by atoms with Crippen molar-refractivity contribution in [2.24, 2.45) is 11.3 Å². The lowest BCUT2D eigenvalue weighted by Crippen LogP contribution is -2.36. The van der Waals surface area contributed by atoms with Crippen molar-refractivity contribution in [3.63, 3.8) is 0 Å². The van der Waals surface area contributed by atoms with Crippen molar-refractivity contribution in [1.82, 2.24) is 0 Å². The average Bonchev–Trinajstić information content (AvgIpc) is 2.85. The van der Waals surface area contributed by atoms with Crippen molar-refractivity contribution in [1.29, 1.82) is 0 Å². The highest BCUT2D eigenvalue weighted by Crippen LogP contribution is 2.47. The van der Waals surface area contributed by atoms with E-state index in [2.05, 4.69) is 0 Å². The van der Waals surface area contributed by atoms with Crippen molar-refractivity contribution in [3.05, 3.63) is 0 Å². The van der Waals surface area contributed by atoms with Gasteiger partial charge >= 0.3 is 5.97 Å². The van der Waals surface area contributed by atoms with Gasteiger partial charge in [-0.25, -0.2) is 0 Å². The Bertz CT molecular complexity index is 302. The van der Waals surface area contributed by atoms with E-state index in [1.54, 1.807) is 13.8 Å². The van der Waals surface area contributed by atoms with Gasteiger partial charge in [0, 0.05) is 5.41 Å². The number of hydrogen-bond acceptors (Lipinski definition) is 4. The minimum Gasteiger partial charge on any atom is -0.465 e. The quantitative estimate of drug-likeness (QED) is 0.506. The van der Waals surface area contributed by atoms with Gasteiger partial charge in [-0.2, -0.15) is 0 Å². The van der Waals surface area contributed by atoms with E-state index in [4.69, 9.17) is 4.74 Å². The molecule has 1 atom stereocenters. The van der Waals surface area contributed by atoms with E-state index < -0.39 is 23.1 Å². The summed E-state index contributed by atoms with van der Waals surface area (Å²) in [4.78, 5) is 34.6. The molecule has 1 aliphatic rings. The van der Waals surface area contributed by atoms with E-state index in [1.807, 2.05) is 0 Å². The fourth-order valence-electron chi connectivity index (χ4n) is 1.47. The van der Waals surface area contributed by atoms with Crippen molar-refractivity contribution in [2.75, 3.05) is 6.61 Å². The zero-order valence-electron chi connectivity index (χ0n) is 9.33. The van der Waals surface area contributed by atoms with Crippen molar-refractivity contribution in [3.8, 4) is 0 Å². The van der Waals surface area contributed by atoms with E-state index in [1.165, 1.54) is 6.92 Å². The third kappa shape index (κ3) is 2.43. The van der Waals surface area contributed by atoms with Crippen LogP contribution in [-0.4, -0.2) is 24.1 Å². The molecule has 0 aliphatic heterocycles. The number of ketones is 2. The molecule has 1 saturated carbocycles. The van der Waals surface area contributed by atoms with Crippen LogP contribution in [-0.2, 0) is 19.1 Å². The predicted octanol–water partition coefficient (Wildman–Crippen LogP) is 1.12. The summed E-state index contributed by atoms with van der Waals surface area (Å²) in [5.74, 6) is -2.62. The Balaban J connectivity index is 2.78. The number of esters is 1. The van der Waals surface area contributed by atoms with Crippen LogP contribution in [0.15, 0.2) is 0 Å². The Labute approximate surface area is 89.0 Å². The summed E-state index contributed by atoms with van der Waals surface area (Å²) in [6, 6.07) is 0. The fraction of sp³-hybridized carbons (Fsp3) is 0.727. The zero-order chi connectivity index (χ0) is 11.6. The van der Waals surface area contributed by atoms with E-state index in [9.17, 15) is 14.4 Å². The van der Waals surface area contributed by atoms with Crippen molar-refractivity contribution >= 4 is 17.5 Å². The number of hydrogen-bond donors (Lipinski definition) is 0. The summed E-state index contributed by atoms with van der Waals surface area (Å²) in [6.45, 7) is 4.88. The molecule has 0 amide bonds. The second-order valence-electron chi connectivity index (χ2n) is 4.22. The standard InChI is InChI=1S/C11H16O4/c1-4-15-10(14)8(7(2)12)9(13)11(3)5-6-11/h8H,4-6H2,1-3H3. The molecule has 4 nitrogen and oxygen atoms in total. The molecule has 0 saturated heterocycles. The van der Waals surface area contributed by atoms with Gasteiger partial charge in [0.15, 0.2) is 17.5 Å². The molecule has 0 heterocycles. The second-order valence-corrected chi connectivity index (χ2v) is 4.22. The van der Waals surface area contributed by atoms with Gasteiger partial charge in [0.1, 0.15) is 0 Å². The highest BCUT2D eigenvalue weighted by atomic mass is 16.5. The predicted molar refractivity (Wildman–Crippen MR) is 53.2 cm³/mol. The van der Waals surface area contributed by atoms with Crippen LogP contribution >= 0.6 is 0 Å². The Morgan fingerprint density at radius 3 is 2.20 bits per heavy atom. The highest BCUT2D eigenvalue weighted by molar-refractivity contribution is 6.18. The normalized spacial score (nSPS) is 19.1. The van der Waals surface area contributed by atoms with Crippen LogP contribution < -0.4 is 0 Å². The van der Waals surface area contributed by atoms with Gasteiger partial charge in [0.2, 0.25) is 0 Å². The molecule has 0 radical (unpaired) electrons. The van der Waals surface area contributed by atoms with Gasteiger partial charge in [0.25, 0.3) is 0 Å². The first kappa shape index (κ1) is 11.9. The third-order valence-corrected chi connectivity index (χ3v) is 2.79. The van der Waals surface area contributed by atoms with Crippen LogP contribution in [0.2, 0.25) is 0 Å². The summed E-state index contributed by atoms with van der Waals surface area (Å²) in [5, 5.41) is 0. The first-order valence-electron chi connectivity index (χ1n) is 5.14. The van der Waals surface area contributed by atoms with Gasteiger partial charge in [-0.1, -0.05) is 6.92 Å². The number of ether oxygens (including phenoxy) is 1. The molecule has 0 N–H and O–H groups in total. The Morgan fingerprint density at radius 1 is 1.33 bits per heavy atom. The van der Waals surface area contributed by atoms with E-state index in [0.29, 0.717) is 0 Å². The van der Waals surface area contributed by atoms with Gasteiger partial charge < -0.3 is 4.74 Å². The van der Waals surface area contributed by atoms with Gasteiger partial charge in [-0.05, 0) is 26.7 Å². The molecule has 1 aliphatic carbocycles. The topological polar surface area (TPSA) is 60.4 Å². The summed E-state index contributed by atoms with van der Waals surface area (Å²) >= 11 is 0. The molecule has 1 fully saturated rings. The molecule has 0 bridgehead atoms. The van der Waals surface area contributed by atoms with E-state index in [-0.39, 0.29) is 12.4 Å². The maximum absolute atomic E-state index is 11.9. The van der Waals surface area contributed by atoms with Crippen LogP contribution in [0, 0.1) is 11.3 Å². The minimum atomic E-state index is -1.21. The maximum Gasteiger partial charge on any atom is 0.324 e. The number of carbonyl (C=O) groups excluding carboxylic acids is 3. The lowest BCUT2D eigenvalue weighted by molar-refractivity contribution is -0.155. The molecule has 4 heteroatoms. The summed E-state index contributed by atoms with van der Waals surface area (Å²) < 4.78 is 4.73. The van der Waals surface area contributed by atoms with Crippen LogP contribution in [0.4, 0.5) is 0 Å². The van der Waals surface area contributed by atoms with Crippen LogP contribution in [0.5, 0.6) is 0 Å². The van der Waals surface area contributed by atoms with Crippen LogP contribution in [0.3, 0.4) is 0 Å². The Hall–Kier alpha value is -1.19. The molecule has 84 valence electrons. The van der Waals surface area contributed by atoms with Crippen molar-refractivity contribution in [2.45, 2.75) is 33.6 Å². The Morgan fingerprint density at radius 2 is 1.87 bits per heavy atom. The summed E-state index contributed by atoms with van der Waals surface area (Å²) in [6.07, 6.45) is 1.52. The first-order valence-corrected chi connectivity index (χ1v) is 5.14. The molecule has 0 spiro atoms. The summed E-state index contributed by atoms with van der Waals surface area (Å²) in [7, 11) is 0. The lowest BCUT2D eigenvalue weighted by Gasteiger charge is -2.15. The molecule has 15 heavy (non-hydrogen) atoms. The summed E-state index contributed by atoms with van der Waals surface area (Å²) in [5.41, 5.74) is -0.469. The van der Waals surface area contributed by atoms with Gasteiger partial charge in [-0.3, -0.25) is 14.4 Å². The zero-order valence-corrected chi connectivity index (χ0v) is 9.33. The highest BCUT2D eigenvalue weighted by Gasteiger charge is 2.51. The Kier molecular flexibility index (Phi) is 3.27. The molecule has 1 rings (SSSR count). The molecule has 0 aromatic heterocycles. The molecular weight excluding hydrogens is 196 g/mol. The average molecular weight is 212 g/mol. The van der Waals surface area contributed by atoms with Gasteiger partial charge in [-0.15, -0.1) is 0 Å². The number of carbonyl (C=O) groups is 3. The van der Waals surface area contributed by atoms with E-state index >= 15 is 0 Å². The fourth-order valence-corrected chi connectivity index (χ4v) is 1.47.